The second kappa shape index (κ2) is 9.35. The van der Waals surface area contributed by atoms with Crippen LogP contribution in [0.25, 0.3) is 12.2 Å². The van der Waals surface area contributed by atoms with E-state index >= 15 is 0 Å². The van der Waals surface area contributed by atoms with E-state index in [4.69, 9.17) is 9.15 Å². The van der Waals surface area contributed by atoms with Crippen LogP contribution in [0.1, 0.15) is 27.5 Å². The zero-order valence-corrected chi connectivity index (χ0v) is 17.5. The van der Waals surface area contributed by atoms with E-state index in [1.54, 1.807) is 18.1 Å². The van der Waals surface area contributed by atoms with Crippen LogP contribution >= 0.6 is 0 Å². The first-order chi connectivity index (χ1) is 15.6. The number of piperazine rings is 1. The highest BCUT2D eigenvalue weighted by Crippen LogP contribution is 2.25. The molecule has 32 heavy (non-hydrogen) atoms. The summed E-state index contributed by atoms with van der Waals surface area (Å²) in [6.07, 6.45) is 3.53. The van der Waals surface area contributed by atoms with Crippen LogP contribution in [0.5, 0.6) is 5.75 Å². The smallest absolute Gasteiger partial charge is 0.253 e. The third kappa shape index (κ3) is 4.62. The molecule has 0 aliphatic carbocycles. The molecular weight excluding hydrogens is 411 g/mol. The Balaban J connectivity index is 1.44. The molecule has 0 saturated carbocycles. The van der Waals surface area contributed by atoms with Gasteiger partial charge >= 0.3 is 0 Å². The van der Waals surface area contributed by atoms with Crippen molar-refractivity contribution < 1.29 is 18.3 Å². The fraction of sp³-hybridized carbons (Fsp3) is 0.208. The number of aromatic nitrogens is 1. The predicted molar refractivity (Wildman–Crippen MR) is 118 cm³/mol. The molecule has 7 nitrogen and oxygen atoms in total. The standard InChI is InChI=1S/C24H21FN4O3/c1-31-20-4-2-3-17(15-20)5-10-22-27-21(16-26)24(32-22)29-13-11-28(12-14-29)23(30)18-6-8-19(25)9-7-18/h2-10,15H,11-14H2,1H3/b10-5+. The van der Waals surface area contributed by atoms with Gasteiger partial charge in [-0.05, 0) is 48.0 Å². The van der Waals surface area contributed by atoms with Gasteiger partial charge in [0.25, 0.3) is 5.91 Å². The summed E-state index contributed by atoms with van der Waals surface area (Å²) in [5, 5.41) is 9.49. The summed E-state index contributed by atoms with van der Waals surface area (Å²) >= 11 is 0. The molecule has 1 aliphatic heterocycles. The van der Waals surface area contributed by atoms with Crippen molar-refractivity contribution in [3.05, 3.63) is 77.1 Å². The van der Waals surface area contributed by atoms with E-state index in [0.29, 0.717) is 43.5 Å². The minimum absolute atomic E-state index is 0.148. The van der Waals surface area contributed by atoms with Gasteiger partial charge in [-0.1, -0.05) is 12.1 Å². The average Bonchev–Trinajstić information content (AvgIpc) is 3.26. The predicted octanol–water partition coefficient (Wildman–Crippen LogP) is 3.83. The zero-order chi connectivity index (χ0) is 22.5. The summed E-state index contributed by atoms with van der Waals surface area (Å²) < 4.78 is 24.2. The average molecular weight is 432 g/mol. The van der Waals surface area contributed by atoms with E-state index < -0.39 is 0 Å². The first kappa shape index (κ1) is 21.1. The van der Waals surface area contributed by atoms with Crippen LogP contribution < -0.4 is 9.64 Å². The monoisotopic (exact) mass is 432 g/mol. The normalized spacial score (nSPS) is 13.9. The summed E-state index contributed by atoms with van der Waals surface area (Å²) in [5.41, 5.74) is 1.56. The molecule has 4 rings (SSSR count). The highest BCUT2D eigenvalue weighted by molar-refractivity contribution is 5.94. The lowest BCUT2D eigenvalue weighted by atomic mass is 10.2. The van der Waals surface area contributed by atoms with Crippen molar-refractivity contribution in [1.82, 2.24) is 9.88 Å². The molecule has 1 aromatic heterocycles. The van der Waals surface area contributed by atoms with E-state index in [-0.39, 0.29) is 17.4 Å². The fourth-order valence-electron chi connectivity index (χ4n) is 3.49. The van der Waals surface area contributed by atoms with Gasteiger partial charge in [-0.3, -0.25) is 4.79 Å². The third-order valence-electron chi connectivity index (χ3n) is 5.19. The summed E-state index contributed by atoms with van der Waals surface area (Å²) in [4.78, 5) is 20.5. The van der Waals surface area contributed by atoms with Gasteiger partial charge < -0.3 is 19.0 Å². The Morgan fingerprint density at radius 2 is 1.91 bits per heavy atom. The molecular formula is C24H21FN4O3. The van der Waals surface area contributed by atoms with E-state index in [0.717, 1.165) is 11.3 Å². The van der Waals surface area contributed by atoms with Gasteiger partial charge in [-0.2, -0.15) is 10.2 Å². The Morgan fingerprint density at radius 3 is 2.59 bits per heavy atom. The minimum atomic E-state index is -0.378. The minimum Gasteiger partial charge on any atom is -0.497 e. The van der Waals surface area contributed by atoms with Gasteiger partial charge in [0.1, 0.15) is 17.6 Å². The lowest BCUT2D eigenvalue weighted by molar-refractivity contribution is 0.0745. The van der Waals surface area contributed by atoms with E-state index in [1.807, 2.05) is 35.2 Å². The molecule has 0 unspecified atom stereocenters. The first-order valence-corrected chi connectivity index (χ1v) is 10.1. The highest BCUT2D eigenvalue weighted by Gasteiger charge is 2.26. The van der Waals surface area contributed by atoms with Crippen molar-refractivity contribution in [2.45, 2.75) is 0 Å². The third-order valence-corrected chi connectivity index (χ3v) is 5.19. The van der Waals surface area contributed by atoms with Crippen LogP contribution in [-0.4, -0.2) is 49.1 Å². The number of rotatable bonds is 5. The largest absolute Gasteiger partial charge is 0.497 e. The molecule has 0 atom stereocenters. The number of hydrogen-bond donors (Lipinski definition) is 0. The second-order valence-corrected chi connectivity index (χ2v) is 7.21. The lowest BCUT2D eigenvalue weighted by Gasteiger charge is -2.34. The quantitative estimate of drug-likeness (QED) is 0.610. The summed E-state index contributed by atoms with van der Waals surface area (Å²) in [6.45, 7) is 1.90. The molecule has 2 heterocycles. The van der Waals surface area contributed by atoms with Crippen molar-refractivity contribution in [3.8, 4) is 11.8 Å². The van der Waals surface area contributed by atoms with Gasteiger partial charge in [-0.25, -0.2) is 4.39 Å². The topological polar surface area (TPSA) is 82.6 Å². The summed E-state index contributed by atoms with van der Waals surface area (Å²) in [7, 11) is 1.61. The number of ether oxygens (including phenoxy) is 1. The van der Waals surface area contributed by atoms with Crippen LogP contribution in [0, 0.1) is 17.1 Å². The Bertz CT molecular complexity index is 1170. The number of methoxy groups -OCH3 is 1. The number of amides is 1. The van der Waals surface area contributed by atoms with Crippen LogP contribution in [-0.2, 0) is 0 Å². The fourth-order valence-corrected chi connectivity index (χ4v) is 3.49. The van der Waals surface area contributed by atoms with Crippen LogP contribution in [0.3, 0.4) is 0 Å². The Morgan fingerprint density at radius 1 is 1.16 bits per heavy atom. The summed E-state index contributed by atoms with van der Waals surface area (Å²) in [6, 6.07) is 15.1. The van der Waals surface area contributed by atoms with Crippen LogP contribution in [0.15, 0.2) is 52.9 Å². The zero-order valence-electron chi connectivity index (χ0n) is 17.5. The van der Waals surface area contributed by atoms with Crippen LogP contribution in [0.2, 0.25) is 0 Å². The van der Waals surface area contributed by atoms with Crippen molar-refractivity contribution in [3.63, 3.8) is 0 Å². The maximum atomic E-state index is 13.1. The molecule has 3 aromatic rings. The number of benzene rings is 2. The van der Waals surface area contributed by atoms with Gasteiger partial charge in [0.05, 0.1) is 7.11 Å². The number of carbonyl (C=O) groups excluding carboxylic acids is 1. The molecule has 162 valence electrons. The highest BCUT2D eigenvalue weighted by atomic mass is 19.1. The molecule has 1 saturated heterocycles. The number of anilines is 1. The number of carbonyl (C=O) groups is 1. The van der Waals surface area contributed by atoms with Crippen LogP contribution in [0.4, 0.5) is 10.3 Å². The van der Waals surface area contributed by atoms with Gasteiger partial charge in [0.2, 0.25) is 17.5 Å². The number of nitrogens with zero attached hydrogens (tertiary/aromatic N) is 4. The van der Waals surface area contributed by atoms with E-state index in [2.05, 4.69) is 11.1 Å². The Hall–Kier alpha value is -4.12. The van der Waals surface area contributed by atoms with Crippen molar-refractivity contribution in [1.29, 1.82) is 5.26 Å². The molecule has 2 aromatic carbocycles. The first-order valence-electron chi connectivity index (χ1n) is 10.1. The molecule has 0 radical (unpaired) electrons. The van der Waals surface area contributed by atoms with Crippen molar-refractivity contribution in [2.75, 3.05) is 38.2 Å². The molecule has 0 bridgehead atoms. The number of hydrogen-bond acceptors (Lipinski definition) is 6. The van der Waals surface area contributed by atoms with Gasteiger partial charge in [-0.15, -0.1) is 0 Å². The van der Waals surface area contributed by atoms with Gasteiger partial charge in [0.15, 0.2) is 0 Å². The second-order valence-electron chi connectivity index (χ2n) is 7.21. The maximum absolute atomic E-state index is 13.1. The molecule has 1 amide bonds. The number of oxazole rings is 1. The molecule has 0 spiro atoms. The van der Waals surface area contributed by atoms with Crippen molar-refractivity contribution >= 4 is 23.9 Å². The number of halogens is 1. The Kier molecular flexibility index (Phi) is 6.17. The molecule has 1 aliphatic rings. The molecule has 8 heteroatoms. The summed E-state index contributed by atoms with van der Waals surface area (Å²) in [5.74, 6) is 0.934. The maximum Gasteiger partial charge on any atom is 0.253 e. The lowest BCUT2D eigenvalue weighted by Crippen LogP contribution is -2.48. The van der Waals surface area contributed by atoms with E-state index in [9.17, 15) is 14.4 Å². The van der Waals surface area contributed by atoms with Crippen molar-refractivity contribution in [2.24, 2.45) is 0 Å². The molecule has 0 N–H and O–H groups in total. The van der Waals surface area contributed by atoms with E-state index in [1.165, 1.54) is 24.3 Å². The van der Waals surface area contributed by atoms with Gasteiger partial charge in [0, 0.05) is 37.8 Å². The Labute approximate surface area is 185 Å². The number of nitriles is 1. The SMILES string of the molecule is COc1cccc(/C=C/c2nc(C#N)c(N3CCN(C(=O)c4ccc(F)cc4)CC3)o2)c1. The molecule has 1 fully saturated rings.